The van der Waals surface area contributed by atoms with E-state index >= 15 is 0 Å². The van der Waals surface area contributed by atoms with E-state index in [1.54, 1.807) is 13.0 Å². The summed E-state index contributed by atoms with van der Waals surface area (Å²) in [5.41, 5.74) is 6.89. The third-order valence-electron chi connectivity index (χ3n) is 2.07. The van der Waals surface area contributed by atoms with Crippen LogP contribution in [0, 0.1) is 12.7 Å². The molecule has 5 heteroatoms. The van der Waals surface area contributed by atoms with Crippen LogP contribution in [-0.2, 0) is 0 Å². The van der Waals surface area contributed by atoms with Gasteiger partial charge in [0.1, 0.15) is 5.82 Å². The smallest absolute Gasteiger partial charge is 0.128 e. The van der Waals surface area contributed by atoms with Crippen molar-refractivity contribution in [3.63, 3.8) is 0 Å². The van der Waals surface area contributed by atoms with E-state index in [9.17, 15) is 4.39 Å². The summed E-state index contributed by atoms with van der Waals surface area (Å²) < 4.78 is 13.0. The van der Waals surface area contributed by atoms with E-state index in [-0.39, 0.29) is 24.7 Å². The molecule has 0 bridgehead atoms. The molecule has 0 saturated heterocycles. The standard InChI is InChI=1S/C10H15FN2O2/c1-6-2-10(9(12)3-8(6)11)13-4-7(15)5-14/h2-3,7,13-15H,4-5,12H2,1H3. The first-order valence-electron chi connectivity index (χ1n) is 4.63. The topological polar surface area (TPSA) is 78.5 Å². The Hall–Kier alpha value is -1.33. The van der Waals surface area contributed by atoms with Gasteiger partial charge in [0.15, 0.2) is 0 Å². The third-order valence-corrected chi connectivity index (χ3v) is 2.07. The molecule has 0 radical (unpaired) electrons. The normalized spacial score (nSPS) is 12.5. The molecule has 15 heavy (non-hydrogen) atoms. The van der Waals surface area contributed by atoms with Gasteiger partial charge in [0.05, 0.1) is 24.1 Å². The summed E-state index contributed by atoms with van der Waals surface area (Å²) in [6.45, 7) is 1.47. The number of aryl methyl sites for hydroxylation is 1. The van der Waals surface area contributed by atoms with E-state index in [0.717, 1.165) is 0 Å². The Morgan fingerprint density at radius 2 is 2.20 bits per heavy atom. The zero-order chi connectivity index (χ0) is 11.4. The number of nitrogen functional groups attached to an aromatic ring is 1. The van der Waals surface area contributed by atoms with E-state index in [4.69, 9.17) is 15.9 Å². The van der Waals surface area contributed by atoms with Crippen molar-refractivity contribution in [3.8, 4) is 0 Å². The molecular weight excluding hydrogens is 199 g/mol. The molecule has 5 N–H and O–H groups in total. The number of benzene rings is 1. The molecule has 0 saturated carbocycles. The zero-order valence-electron chi connectivity index (χ0n) is 8.50. The summed E-state index contributed by atoms with van der Waals surface area (Å²) in [5.74, 6) is -0.360. The Balaban J connectivity index is 2.73. The highest BCUT2D eigenvalue weighted by atomic mass is 19.1. The highest BCUT2D eigenvalue weighted by Gasteiger charge is 2.06. The van der Waals surface area contributed by atoms with Crippen LogP contribution < -0.4 is 11.1 Å². The van der Waals surface area contributed by atoms with E-state index in [1.807, 2.05) is 0 Å². The van der Waals surface area contributed by atoms with Gasteiger partial charge >= 0.3 is 0 Å². The number of anilines is 2. The van der Waals surface area contributed by atoms with Crippen LogP contribution in [0.4, 0.5) is 15.8 Å². The number of hydrogen-bond donors (Lipinski definition) is 4. The summed E-state index contributed by atoms with van der Waals surface area (Å²) in [6.07, 6.45) is -0.852. The van der Waals surface area contributed by atoms with Crippen molar-refractivity contribution in [1.29, 1.82) is 0 Å². The molecule has 0 fully saturated rings. The van der Waals surface area contributed by atoms with E-state index < -0.39 is 6.10 Å². The number of halogens is 1. The van der Waals surface area contributed by atoms with Gasteiger partial charge in [-0.15, -0.1) is 0 Å². The van der Waals surface area contributed by atoms with Crippen molar-refractivity contribution >= 4 is 11.4 Å². The molecule has 0 spiro atoms. The minimum Gasteiger partial charge on any atom is -0.397 e. The van der Waals surface area contributed by atoms with Gasteiger partial charge in [0.2, 0.25) is 0 Å². The molecule has 0 amide bonds. The summed E-state index contributed by atoms with van der Waals surface area (Å²) in [4.78, 5) is 0. The van der Waals surface area contributed by atoms with Crippen LogP contribution in [-0.4, -0.2) is 29.5 Å². The van der Waals surface area contributed by atoms with Gasteiger partial charge in [-0.05, 0) is 24.6 Å². The Kier molecular flexibility index (Phi) is 3.88. The first-order valence-corrected chi connectivity index (χ1v) is 4.63. The van der Waals surface area contributed by atoms with Crippen molar-refractivity contribution in [1.82, 2.24) is 0 Å². The molecule has 1 aromatic rings. The second-order valence-corrected chi connectivity index (χ2v) is 3.41. The van der Waals surface area contributed by atoms with Crippen LogP contribution in [0.15, 0.2) is 12.1 Å². The molecule has 0 aliphatic heterocycles. The van der Waals surface area contributed by atoms with Crippen LogP contribution in [0.1, 0.15) is 5.56 Å². The lowest BCUT2D eigenvalue weighted by molar-refractivity contribution is 0.105. The molecular formula is C10H15FN2O2. The molecule has 0 heterocycles. The van der Waals surface area contributed by atoms with Crippen LogP contribution in [0.3, 0.4) is 0 Å². The monoisotopic (exact) mass is 214 g/mol. The molecule has 84 valence electrons. The molecule has 0 aliphatic carbocycles. The van der Waals surface area contributed by atoms with Gasteiger partial charge in [0, 0.05) is 6.54 Å². The Bertz CT molecular complexity index is 344. The molecule has 0 aromatic heterocycles. The fourth-order valence-corrected chi connectivity index (χ4v) is 1.14. The number of rotatable bonds is 4. The van der Waals surface area contributed by atoms with Crippen LogP contribution in [0.25, 0.3) is 0 Å². The number of nitrogens with one attached hydrogen (secondary N) is 1. The van der Waals surface area contributed by atoms with Gasteiger partial charge in [-0.25, -0.2) is 4.39 Å². The maximum Gasteiger partial charge on any atom is 0.128 e. The van der Waals surface area contributed by atoms with Crippen LogP contribution >= 0.6 is 0 Å². The first-order chi connectivity index (χ1) is 7.04. The van der Waals surface area contributed by atoms with Gasteiger partial charge < -0.3 is 21.3 Å². The lowest BCUT2D eigenvalue weighted by Gasteiger charge is -2.13. The van der Waals surface area contributed by atoms with E-state index in [1.165, 1.54) is 6.07 Å². The first kappa shape index (κ1) is 11.7. The van der Waals surface area contributed by atoms with E-state index in [2.05, 4.69) is 5.32 Å². The van der Waals surface area contributed by atoms with Gasteiger partial charge in [-0.3, -0.25) is 0 Å². The van der Waals surface area contributed by atoms with Crippen LogP contribution in [0.5, 0.6) is 0 Å². The summed E-state index contributed by atoms with van der Waals surface area (Å²) >= 11 is 0. The number of aliphatic hydroxyl groups excluding tert-OH is 2. The number of hydrogen-bond acceptors (Lipinski definition) is 4. The lowest BCUT2D eigenvalue weighted by atomic mass is 10.1. The molecule has 1 unspecified atom stereocenters. The largest absolute Gasteiger partial charge is 0.397 e. The molecule has 1 atom stereocenters. The van der Waals surface area contributed by atoms with Crippen molar-refractivity contribution in [2.75, 3.05) is 24.2 Å². The Morgan fingerprint density at radius 1 is 1.53 bits per heavy atom. The summed E-state index contributed by atoms with van der Waals surface area (Å²) in [7, 11) is 0. The summed E-state index contributed by atoms with van der Waals surface area (Å²) in [5, 5.41) is 20.5. The quantitative estimate of drug-likeness (QED) is 0.550. The Morgan fingerprint density at radius 3 is 2.80 bits per heavy atom. The van der Waals surface area contributed by atoms with Crippen LogP contribution in [0.2, 0.25) is 0 Å². The average Bonchev–Trinajstić information content (AvgIpc) is 2.21. The minimum absolute atomic E-state index is 0.172. The lowest BCUT2D eigenvalue weighted by Crippen LogP contribution is -2.23. The number of nitrogens with two attached hydrogens (primary N) is 1. The van der Waals surface area contributed by atoms with Crippen molar-refractivity contribution in [2.45, 2.75) is 13.0 Å². The third kappa shape index (κ3) is 3.07. The molecule has 1 rings (SSSR count). The highest BCUT2D eigenvalue weighted by Crippen LogP contribution is 2.22. The zero-order valence-corrected chi connectivity index (χ0v) is 8.50. The predicted molar refractivity (Wildman–Crippen MR) is 57.1 cm³/mol. The molecule has 1 aromatic carbocycles. The predicted octanol–water partition coefficient (Wildman–Crippen LogP) is 0.481. The Labute approximate surface area is 87.5 Å². The molecule has 4 nitrogen and oxygen atoms in total. The highest BCUT2D eigenvalue weighted by molar-refractivity contribution is 5.67. The van der Waals surface area contributed by atoms with Gasteiger partial charge in [0.25, 0.3) is 0 Å². The summed E-state index contributed by atoms with van der Waals surface area (Å²) in [6, 6.07) is 2.79. The SMILES string of the molecule is Cc1cc(NCC(O)CO)c(N)cc1F. The van der Waals surface area contributed by atoms with Gasteiger partial charge in [-0.2, -0.15) is 0 Å². The average molecular weight is 214 g/mol. The minimum atomic E-state index is -0.852. The van der Waals surface area contributed by atoms with Crippen molar-refractivity contribution in [3.05, 3.63) is 23.5 Å². The van der Waals surface area contributed by atoms with Crippen molar-refractivity contribution in [2.24, 2.45) is 0 Å². The fraction of sp³-hybridized carbons (Fsp3) is 0.400. The fourth-order valence-electron chi connectivity index (χ4n) is 1.14. The second-order valence-electron chi connectivity index (χ2n) is 3.41. The molecule has 0 aliphatic rings. The van der Waals surface area contributed by atoms with E-state index in [0.29, 0.717) is 11.3 Å². The maximum absolute atomic E-state index is 13.0. The maximum atomic E-state index is 13.0. The second kappa shape index (κ2) is 4.95. The van der Waals surface area contributed by atoms with Gasteiger partial charge in [-0.1, -0.05) is 0 Å². The number of aliphatic hydroxyl groups is 2. The van der Waals surface area contributed by atoms with Crippen molar-refractivity contribution < 1.29 is 14.6 Å².